The van der Waals surface area contributed by atoms with Gasteiger partial charge >= 0.3 is 17.9 Å². The SMILES string of the molecule is C=CC(=O)OCCCC.C=Cc1ccccc1.CCC(=CC(=O)O)C(=O)O.CCC(CO)(CO)CO. The summed E-state index contributed by atoms with van der Waals surface area (Å²) in [6.45, 7) is 12.4. The van der Waals surface area contributed by atoms with E-state index >= 15 is 0 Å². The van der Waals surface area contributed by atoms with Crippen LogP contribution in [0.3, 0.4) is 0 Å². The summed E-state index contributed by atoms with van der Waals surface area (Å²) in [5, 5.41) is 42.4. The van der Waals surface area contributed by atoms with Crippen LogP contribution >= 0.6 is 0 Å². The number of esters is 1. The van der Waals surface area contributed by atoms with Crippen molar-refractivity contribution < 1.29 is 44.7 Å². The Labute approximate surface area is 214 Å². The molecule has 0 aliphatic rings. The van der Waals surface area contributed by atoms with Crippen LogP contribution < -0.4 is 0 Å². The molecule has 0 aromatic heterocycles. The maximum atomic E-state index is 10.3. The van der Waals surface area contributed by atoms with Gasteiger partial charge in [0.05, 0.1) is 26.4 Å². The van der Waals surface area contributed by atoms with Gasteiger partial charge in [0.25, 0.3) is 0 Å². The molecule has 1 aromatic rings. The van der Waals surface area contributed by atoms with Crippen molar-refractivity contribution in [2.24, 2.45) is 5.41 Å². The largest absolute Gasteiger partial charge is 0.478 e. The topological polar surface area (TPSA) is 162 Å². The zero-order valence-electron chi connectivity index (χ0n) is 21.6. The maximum absolute atomic E-state index is 10.3. The van der Waals surface area contributed by atoms with E-state index in [1.807, 2.05) is 50.3 Å². The summed E-state index contributed by atoms with van der Waals surface area (Å²) in [5.41, 5.74) is 0.417. The molecule has 9 nitrogen and oxygen atoms in total. The number of hydrogen-bond acceptors (Lipinski definition) is 7. The molecule has 0 aliphatic carbocycles. The monoisotopic (exact) mass is 510 g/mol. The van der Waals surface area contributed by atoms with Crippen molar-refractivity contribution in [3.8, 4) is 0 Å². The van der Waals surface area contributed by atoms with Crippen molar-refractivity contribution in [2.45, 2.75) is 46.5 Å². The van der Waals surface area contributed by atoms with Crippen LogP contribution in [0.4, 0.5) is 0 Å². The normalized spacial score (nSPS) is 10.1. The second-order valence-electron chi connectivity index (χ2n) is 7.33. The predicted octanol–water partition coefficient (Wildman–Crippen LogP) is 3.70. The summed E-state index contributed by atoms with van der Waals surface area (Å²) in [4.78, 5) is 30.4. The Morgan fingerprint density at radius 1 is 0.944 bits per heavy atom. The molecule has 0 atom stereocenters. The van der Waals surface area contributed by atoms with Gasteiger partial charge in [-0.1, -0.05) is 76.8 Å². The van der Waals surface area contributed by atoms with Crippen molar-refractivity contribution in [3.05, 3.63) is 66.8 Å². The van der Waals surface area contributed by atoms with E-state index in [4.69, 9.17) is 25.5 Å². The highest BCUT2D eigenvalue weighted by Crippen LogP contribution is 2.18. The quantitative estimate of drug-likeness (QED) is 0.160. The molecule has 0 spiro atoms. The molecule has 0 saturated carbocycles. The molecular weight excluding hydrogens is 468 g/mol. The van der Waals surface area contributed by atoms with Crippen LogP contribution in [-0.4, -0.2) is 69.9 Å². The van der Waals surface area contributed by atoms with E-state index in [0.717, 1.165) is 12.8 Å². The van der Waals surface area contributed by atoms with Gasteiger partial charge in [-0.15, -0.1) is 0 Å². The third-order valence-corrected chi connectivity index (χ3v) is 4.65. The molecule has 0 radical (unpaired) electrons. The molecule has 0 saturated heterocycles. The highest BCUT2D eigenvalue weighted by atomic mass is 16.5. The second kappa shape index (κ2) is 24.8. The number of aliphatic hydroxyl groups excluding tert-OH is 3. The lowest BCUT2D eigenvalue weighted by Gasteiger charge is -2.24. The third kappa shape index (κ3) is 21.3. The minimum absolute atomic E-state index is 0.0903. The van der Waals surface area contributed by atoms with Gasteiger partial charge in [-0.25, -0.2) is 14.4 Å². The van der Waals surface area contributed by atoms with Gasteiger partial charge in [0.1, 0.15) is 0 Å². The lowest BCUT2D eigenvalue weighted by atomic mass is 9.88. The van der Waals surface area contributed by atoms with E-state index in [0.29, 0.717) is 19.1 Å². The van der Waals surface area contributed by atoms with E-state index in [-0.39, 0.29) is 37.8 Å². The summed E-state index contributed by atoms with van der Waals surface area (Å²) in [6.07, 6.45) is 6.50. The number of carbonyl (C=O) groups is 3. The molecule has 204 valence electrons. The molecule has 9 heteroatoms. The van der Waals surface area contributed by atoms with E-state index in [2.05, 4.69) is 17.9 Å². The van der Waals surface area contributed by atoms with Crippen LogP contribution in [0, 0.1) is 5.41 Å². The van der Waals surface area contributed by atoms with Crippen LogP contribution in [0.2, 0.25) is 0 Å². The van der Waals surface area contributed by atoms with Gasteiger partial charge in [-0.2, -0.15) is 0 Å². The predicted molar refractivity (Wildman–Crippen MR) is 140 cm³/mol. The first-order valence-electron chi connectivity index (χ1n) is 11.5. The number of hydrogen-bond donors (Lipinski definition) is 5. The van der Waals surface area contributed by atoms with Gasteiger partial charge in [0.2, 0.25) is 0 Å². The lowest BCUT2D eigenvalue weighted by molar-refractivity contribution is -0.138. The summed E-state index contributed by atoms with van der Waals surface area (Å²) >= 11 is 0. The molecule has 36 heavy (non-hydrogen) atoms. The summed E-state index contributed by atoms with van der Waals surface area (Å²) in [6, 6.07) is 10.0. The van der Waals surface area contributed by atoms with E-state index in [1.54, 1.807) is 6.92 Å². The highest BCUT2D eigenvalue weighted by Gasteiger charge is 2.24. The Balaban J connectivity index is -0.000000404. The molecule has 1 aromatic carbocycles. The van der Waals surface area contributed by atoms with Gasteiger partial charge in [0.15, 0.2) is 0 Å². The number of unbranched alkanes of at least 4 members (excludes halogenated alkanes) is 1. The van der Waals surface area contributed by atoms with Crippen LogP contribution in [0.15, 0.2) is 61.2 Å². The Morgan fingerprint density at radius 2 is 1.47 bits per heavy atom. The number of carbonyl (C=O) groups excluding carboxylic acids is 1. The van der Waals surface area contributed by atoms with E-state index in [9.17, 15) is 14.4 Å². The van der Waals surface area contributed by atoms with Gasteiger partial charge in [-0.05, 0) is 24.8 Å². The minimum atomic E-state index is -1.22. The zero-order valence-corrected chi connectivity index (χ0v) is 21.6. The maximum Gasteiger partial charge on any atom is 0.331 e. The molecular formula is C27H42O9. The van der Waals surface area contributed by atoms with Crippen LogP contribution in [0.5, 0.6) is 0 Å². The van der Waals surface area contributed by atoms with Crippen molar-refractivity contribution in [1.29, 1.82) is 0 Å². The van der Waals surface area contributed by atoms with Crippen molar-refractivity contribution in [2.75, 3.05) is 26.4 Å². The second-order valence-corrected chi connectivity index (χ2v) is 7.33. The lowest BCUT2D eigenvalue weighted by Crippen LogP contribution is -2.32. The summed E-state index contributed by atoms with van der Waals surface area (Å²) in [7, 11) is 0. The van der Waals surface area contributed by atoms with Crippen LogP contribution in [0.1, 0.15) is 52.0 Å². The molecule has 0 heterocycles. The van der Waals surface area contributed by atoms with Crippen LogP contribution in [-0.2, 0) is 19.1 Å². The smallest absolute Gasteiger partial charge is 0.331 e. The standard InChI is InChI=1S/C8H8.C7H12O2.C6H8O4.C6H14O3/c1-2-8-6-4-3-5-7-8;1-3-5-6-9-7(8)4-2;1-2-4(6(9)10)3-5(7)8;1-2-6(3-7,4-8)5-9/h2-7H,1H2;4H,2-3,5-6H2,1H3;3H,2H2,1H3,(H,7,8)(H,9,10);7-9H,2-5H2,1H3. The number of benzene rings is 1. The molecule has 1 rings (SSSR count). The van der Waals surface area contributed by atoms with E-state index in [1.165, 1.54) is 11.6 Å². The fourth-order valence-electron chi connectivity index (χ4n) is 1.91. The van der Waals surface area contributed by atoms with Gasteiger partial charge in [-0.3, -0.25) is 0 Å². The molecule has 0 amide bonds. The number of rotatable bonds is 12. The molecule has 0 unspecified atom stereocenters. The fraction of sp³-hybridized carbons (Fsp3) is 0.444. The first-order chi connectivity index (χ1) is 17.1. The summed E-state index contributed by atoms with van der Waals surface area (Å²) in [5.74, 6) is -2.73. The highest BCUT2D eigenvalue weighted by molar-refractivity contribution is 5.94. The molecule has 5 N–H and O–H groups in total. The Kier molecular flexibility index (Phi) is 25.7. The first kappa shape index (κ1) is 37.3. The zero-order chi connectivity index (χ0) is 28.4. The number of aliphatic carboxylic acids is 2. The molecule has 0 fully saturated rings. The number of aliphatic hydroxyl groups is 3. The van der Waals surface area contributed by atoms with Crippen molar-refractivity contribution in [3.63, 3.8) is 0 Å². The van der Waals surface area contributed by atoms with Crippen LogP contribution in [0.25, 0.3) is 6.08 Å². The third-order valence-electron chi connectivity index (χ3n) is 4.65. The molecule has 0 bridgehead atoms. The Hall–Kier alpha value is -3.27. The number of carboxylic acid groups (broad SMARTS) is 2. The minimum Gasteiger partial charge on any atom is -0.478 e. The number of carboxylic acids is 2. The number of ether oxygens (including phenoxy) is 1. The fourth-order valence-corrected chi connectivity index (χ4v) is 1.91. The van der Waals surface area contributed by atoms with E-state index < -0.39 is 17.4 Å². The van der Waals surface area contributed by atoms with Gasteiger partial charge in [0, 0.05) is 23.1 Å². The first-order valence-corrected chi connectivity index (χ1v) is 11.5. The van der Waals surface area contributed by atoms with Gasteiger partial charge < -0.3 is 30.3 Å². The Bertz CT molecular complexity index is 749. The van der Waals surface area contributed by atoms with Crippen molar-refractivity contribution >= 4 is 24.0 Å². The van der Waals surface area contributed by atoms with Crippen molar-refractivity contribution in [1.82, 2.24) is 0 Å². The Morgan fingerprint density at radius 3 is 1.69 bits per heavy atom. The summed E-state index contributed by atoms with van der Waals surface area (Å²) < 4.78 is 4.67. The average molecular weight is 511 g/mol. The molecule has 0 aliphatic heterocycles. The average Bonchev–Trinajstić information content (AvgIpc) is 2.90.